The van der Waals surface area contributed by atoms with Gasteiger partial charge in [-0.3, -0.25) is 9.69 Å². The standard InChI is InChI=1S/C19H24ClN5O2/c20-15-4-1-13(2-5-15)18-22-17(27-23-18)12-24-7-9-25(10-8-24)19(26)14-3-6-16(21)11-14/h1-2,4-5,14,16H,3,6-12,21H2. The van der Waals surface area contributed by atoms with Crippen LogP contribution in [-0.4, -0.2) is 58.1 Å². The van der Waals surface area contributed by atoms with Crippen molar-refractivity contribution in [2.45, 2.75) is 31.8 Å². The van der Waals surface area contributed by atoms with E-state index < -0.39 is 0 Å². The van der Waals surface area contributed by atoms with Gasteiger partial charge in [0.1, 0.15) is 0 Å². The van der Waals surface area contributed by atoms with Crippen LogP contribution in [0.3, 0.4) is 0 Å². The highest BCUT2D eigenvalue weighted by Gasteiger charge is 2.32. The quantitative estimate of drug-likeness (QED) is 0.862. The van der Waals surface area contributed by atoms with Gasteiger partial charge in [-0.25, -0.2) is 0 Å². The maximum Gasteiger partial charge on any atom is 0.241 e. The van der Waals surface area contributed by atoms with Crippen molar-refractivity contribution in [1.82, 2.24) is 19.9 Å². The number of aromatic nitrogens is 2. The Hall–Kier alpha value is -1.96. The van der Waals surface area contributed by atoms with Crippen molar-refractivity contribution in [2.24, 2.45) is 11.7 Å². The fourth-order valence-corrected chi connectivity index (χ4v) is 3.98. The molecule has 0 bridgehead atoms. The van der Waals surface area contributed by atoms with Crippen molar-refractivity contribution < 1.29 is 9.32 Å². The minimum Gasteiger partial charge on any atom is -0.340 e. The summed E-state index contributed by atoms with van der Waals surface area (Å²) in [5.74, 6) is 1.53. The number of piperazine rings is 1. The molecule has 1 saturated heterocycles. The molecule has 144 valence electrons. The molecule has 1 saturated carbocycles. The molecule has 1 aliphatic carbocycles. The molecule has 2 atom stereocenters. The van der Waals surface area contributed by atoms with E-state index in [4.69, 9.17) is 21.9 Å². The number of benzene rings is 1. The van der Waals surface area contributed by atoms with E-state index in [-0.39, 0.29) is 17.9 Å². The largest absolute Gasteiger partial charge is 0.340 e. The summed E-state index contributed by atoms with van der Waals surface area (Å²) in [5, 5.41) is 4.73. The molecule has 2 aliphatic rings. The van der Waals surface area contributed by atoms with Crippen LogP contribution in [-0.2, 0) is 11.3 Å². The number of carbonyl (C=O) groups excluding carboxylic acids is 1. The molecule has 1 aliphatic heterocycles. The van der Waals surface area contributed by atoms with Gasteiger partial charge in [-0.15, -0.1) is 0 Å². The first kappa shape index (κ1) is 18.4. The first-order valence-electron chi connectivity index (χ1n) is 9.44. The van der Waals surface area contributed by atoms with Gasteiger partial charge in [0.15, 0.2) is 0 Å². The van der Waals surface area contributed by atoms with Gasteiger partial charge in [0.05, 0.1) is 6.54 Å². The molecule has 8 heteroatoms. The average Bonchev–Trinajstić information content (AvgIpc) is 3.32. The van der Waals surface area contributed by atoms with Gasteiger partial charge >= 0.3 is 0 Å². The molecular weight excluding hydrogens is 366 g/mol. The van der Waals surface area contributed by atoms with Crippen LogP contribution in [0.5, 0.6) is 0 Å². The molecule has 2 fully saturated rings. The normalized spacial score (nSPS) is 23.7. The predicted octanol–water partition coefficient (Wildman–Crippen LogP) is 2.16. The minimum atomic E-state index is 0.115. The van der Waals surface area contributed by atoms with Crippen LogP contribution in [0.15, 0.2) is 28.8 Å². The van der Waals surface area contributed by atoms with E-state index in [9.17, 15) is 4.79 Å². The molecule has 0 spiro atoms. The Morgan fingerprint density at radius 2 is 1.93 bits per heavy atom. The molecular formula is C19H24ClN5O2. The lowest BCUT2D eigenvalue weighted by Crippen LogP contribution is -2.49. The maximum absolute atomic E-state index is 12.6. The average molecular weight is 390 g/mol. The van der Waals surface area contributed by atoms with E-state index in [2.05, 4.69) is 15.0 Å². The molecule has 2 aromatic rings. The molecule has 1 aromatic heterocycles. The van der Waals surface area contributed by atoms with Crippen LogP contribution in [0.4, 0.5) is 0 Å². The summed E-state index contributed by atoms with van der Waals surface area (Å²) in [6, 6.07) is 7.54. The third kappa shape index (κ3) is 4.31. The van der Waals surface area contributed by atoms with Crippen molar-refractivity contribution >= 4 is 17.5 Å². The molecule has 2 heterocycles. The van der Waals surface area contributed by atoms with Gasteiger partial charge in [0, 0.05) is 48.7 Å². The summed E-state index contributed by atoms with van der Waals surface area (Å²) in [5.41, 5.74) is 6.82. The van der Waals surface area contributed by atoms with E-state index in [1.54, 1.807) is 12.1 Å². The first-order chi connectivity index (χ1) is 13.1. The van der Waals surface area contributed by atoms with Crippen molar-refractivity contribution in [2.75, 3.05) is 26.2 Å². The molecule has 0 radical (unpaired) electrons. The molecule has 2 unspecified atom stereocenters. The Bertz CT molecular complexity index is 786. The van der Waals surface area contributed by atoms with Crippen molar-refractivity contribution in [3.05, 3.63) is 35.2 Å². The van der Waals surface area contributed by atoms with Gasteiger partial charge < -0.3 is 15.2 Å². The van der Waals surface area contributed by atoms with E-state index in [1.165, 1.54) is 0 Å². The Balaban J connectivity index is 1.29. The van der Waals surface area contributed by atoms with Crippen molar-refractivity contribution in [3.8, 4) is 11.4 Å². The summed E-state index contributed by atoms with van der Waals surface area (Å²) in [4.78, 5) is 21.3. The third-order valence-corrected chi connectivity index (χ3v) is 5.69. The van der Waals surface area contributed by atoms with Gasteiger partial charge in [-0.05, 0) is 43.5 Å². The lowest BCUT2D eigenvalue weighted by Gasteiger charge is -2.35. The smallest absolute Gasteiger partial charge is 0.241 e. The Kier molecular flexibility index (Phi) is 5.43. The summed E-state index contributed by atoms with van der Waals surface area (Å²) >= 11 is 5.91. The summed E-state index contributed by atoms with van der Waals surface area (Å²) < 4.78 is 5.39. The maximum atomic E-state index is 12.6. The topological polar surface area (TPSA) is 88.5 Å². The van der Waals surface area contributed by atoms with Crippen LogP contribution in [0.2, 0.25) is 5.02 Å². The molecule has 4 rings (SSSR count). The Labute approximate surface area is 163 Å². The number of carbonyl (C=O) groups is 1. The molecule has 1 amide bonds. The van der Waals surface area contributed by atoms with Crippen LogP contribution < -0.4 is 5.73 Å². The SMILES string of the molecule is NC1CCC(C(=O)N2CCN(Cc3nc(-c4ccc(Cl)cc4)no3)CC2)C1. The zero-order chi connectivity index (χ0) is 18.8. The van der Waals surface area contributed by atoms with E-state index >= 15 is 0 Å². The summed E-state index contributed by atoms with van der Waals surface area (Å²) in [6.07, 6.45) is 2.72. The second kappa shape index (κ2) is 7.96. The monoisotopic (exact) mass is 389 g/mol. The molecule has 7 nitrogen and oxygen atoms in total. The number of halogens is 1. The minimum absolute atomic E-state index is 0.115. The molecule has 1 aromatic carbocycles. The highest BCUT2D eigenvalue weighted by atomic mass is 35.5. The number of amides is 1. The zero-order valence-corrected chi connectivity index (χ0v) is 15.9. The van der Waals surface area contributed by atoms with Gasteiger partial charge in [0.25, 0.3) is 0 Å². The van der Waals surface area contributed by atoms with Gasteiger partial charge in [-0.2, -0.15) is 4.98 Å². The third-order valence-electron chi connectivity index (χ3n) is 5.44. The Morgan fingerprint density at radius 3 is 2.59 bits per heavy atom. The van der Waals surface area contributed by atoms with Gasteiger partial charge in [0.2, 0.25) is 17.6 Å². The van der Waals surface area contributed by atoms with Crippen LogP contribution in [0.1, 0.15) is 25.2 Å². The highest BCUT2D eigenvalue weighted by molar-refractivity contribution is 6.30. The second-order valence-corrected chi connectivity index (χ2v) is 7.83. The second-order valence-electron chi connectivity index (χ2n) is 7.39. The van der Waals surface area contributed by atoms with Crippen LogP contribution >= 0.6 is 11.6 Å². The molecule has 27 heavy (non-hydrogen) atoms. The van der Waals surface area contributed by atoms with E-state index in [1.807, 2.05) is 17.0 Å². The van der Waals surface area contributed by atoms with Crippen LogP contribution in [0.25, 0.3) is 11.4 Å². The highest BCUT2D eigenvalue weighted by Crippen LogP contribution is 2.26. The lowest BCUT2D eigenvalue weighted by atomic mass is 10.1. The van der Waals surface area contributed by atoms with E-state index in [0.29, 0.717) is 23.3 Å². The number of hydrogen-bond donors (Lipinski definition) is 1. The summed E-state index contributed by atoms with van der Waals surface area (Å²) in [7, 11) is 0. The summed E-state index contributed by atoms with van der Waals surface area (Å²) in [6.45, 7) is 3.69. The van der Waals surface area contributed by atoms with Crippen LogP contribution in [0, 0.1) is 5.92 Å². The lowest BCUT2D eigenvalue weighted by molar-refractivity contribution is -0.137. The fourth-order valence-electron chi connectivity index (χ4n) is 3.85. The predicted molar refractivity (Wildman–Crippen MR) is 102 cm³/mol. The van der Waals surface area contributed by atoms with Gasteiger partial charge in [-0.1, -0.05) is 16.8 Å². The number of nitrogens with two attached hydrogens (primary N) is 1. The number of hydrogen-bond acceptors (Lipinski definition) is 6. The van der Waals surface area contributed by atoms with E-state index in [0.717, 1.165) is 51.0 Å². The first-order valence-corrected chi connectivity index (χ1v) is 9.81. The fraction of sp³-hybridized carbons (Fsp3) is 0.526. The molecule has 2 N–H and O–H groups in total. The Morgan fingerprint density at radius 1 is 1.19 bits per heavy atom. The number of rotatable bonds is 4. The van der Waals surface area contributed by atoms with Crippen molar-refractivity contribution in [3.63, 3.8) is 0 Å². The number of nitrogens with zero attached hydrogens (tertiary/aromatic N) is 4. The zero-order valence-electron chi connectivity index (χ0n) is 15.2. The van der Waals surface area contributed by atoms with Crippen molar-refractivity contribution in [1.29, 1.82) is 0 Å².